The highest BCUT2D eigenvalue weighted by Gasteiger charge is 2.33. The number of hydrogen-bond donors (Lipinski definition) is 0. The van der Waals surface area contributed by atoms with Gasteiger partial charge in [0.1, 0.15) is 5.44 Å². The lowest BCUT2D eigenvalue weighted by Crippen LogP contribution is -2.14. The van der Waals surface area contributed by atoms with Crippen molar-refractivity contribution in [2.24, 2.45) is 0 Å². The molecule has 0 heterocycles. The molecule has 0 aliphatic carbocycles. The predicted molar refractivity (Wildman–Crippen MR) is 43.9 cm³/mol. The third-order valence-corrected chi connectivity index (χ3v) is 1.68. The average Bonchev–Trinajstić information content (AvgIpc) is 2.03. The molecule has 0 aromatic heterocycles. The van der Waals surface area contributed by atoms with Crippen molar-refractivity contribution in [3.63, 3.8) is 0 Å². The Bertz CT molecular complexity index is 260. The molecular formula is C8H6F3OS. The van der Waals surface area contributed by atoms with E-state index in [0.717, 1.165) is 0 Å². The van der Waals surface area contributed by atoms with Crippen molar-refractivity contribution in [2.75, 3.05) is 0 Å². The Balaban J connectivity index is 2.64. The molecular weight excluding hydrogens is 201 g/mol. The Morgan fingerprint density at radius 2 is 1.69 bits per heavy atom. The van der Waals surface area contributed by atoms with Crippen LogP contribution in [0.15, 0.2) is 30.3 Å². The first-order valence-corrected chi connectivity index (χ1v) is 3.91. The first-order chi connectivity index (χ1) is 5.99. The van der Waals surface area contributed by atoms with Gasteiger partial charge in [-0.3, -0.25) is 4.74 Å². The van der Waals surface area contributed by atoms with Crippen molar-refractivity contribution in [1.82, 2.24) is 0 Å². The lowest BCUT2D eigenvalue weighted by molar-refractivity contribution is -0.331. The first kappa shape index (κ1) is 10.4. The van der Waals surface area contributed by atoms with E-state index in [9.17, 15) is 13.2 Å². The molecule has 71 valence electrons. The fourth-order valence-corrected chi connectivity index (χ4v) is 1.07. The van der Waals surface area contributed by atoms with Gasteiger partial charge in [0.2, 0.25) is 0 Å². The first-order valence-electron chi connectivity index (χ1n) is 3.44. The molecule has 1 aromatic rings. The highest BCUT2D eigenvalue weighted by atomic mass is 32.1. The fraction of sp³-hybridized carbons (Fsp3) is 0.250. The quantitative estimate of drug-likeness (QED) is 0.722. The second-order valence-corrected chi connectivity index (χ2v) is 2.73. The number of ether oxygens (including phenoxy) is 1. The molecule has 0 spiro atoms. The average molecular weight is 207 g/mol. The van der Waals surface area contributed by atoms with Crippen molar-refractivity contribution in [1.29, 1.82) is 0 Å². The van der Waals surface area contributed by atoms with Gasteiger partial charge in [0.25, 0.3) is 0 Å². The smallest absolute Gasteiger partial charge is 0.272 e. The summed E-state index contributed by atoms with van der Waals surface area (Å²) in [6, 6.07) is 7.88. The van der Waals surface area contributed by atoms with Crippen molar-refractivity contribution < 1.29 is 17.9 Å². The van der Waals surface area contributed by atoms with Gasteiger partial charge in [-0.15, -0.1) is 13.2 Å². The molecule has 0 aliphatic rings. The van der Waals surface area contributed by atoms with Gasteiger partial charge in [-0.2, -0.15) is 0 Å². The minimum atomic E-state index is -4.68. The van der Waals surface area contributed by atoms with Gasteiger partial charge in [-0.25, -0.2) is 0 Å². The molecule has 0 bridgehead atoms. The van der Waals surface area contributed by atoms with E-state index < -0.39 is 11.8 Å². The molecule has 0 amide bonds. The maximum atomic E-state index is 11.7. The van der Waals surface area contributed by atoms with Gasteiger partial charge in [0, 0.05) is 0 Å². The van der Waals surface area contributed by atoms with E-state index >= 15 is 0 Å². The molecule has 0 saturated heterocycles. The number of hydrogen-bond acceptors (Lipinski definition) is 1. The number of benzene rings is 1. The zero-order valence-electron chi connectivity index (χ0n) is 6.41. The van der Waals surface area contributed by atoms with E-state index in [-0.39, 0.29) is 0 Å². The molecule has 0 aliphatic heterocycles. The molecule has 0 saturated carbocycles. The summed E-state index contributed by atoms with van der Waals surface area (Å²) < 4.78 is 38.7. The molecule has 1 aromatic carbocycles. The van der Waals surface area contributed by atoms with E-state index in [1.54, 1.807) is 18.2 Å². The Kier molecular flexibility index (Phi) is 3.22. The van der Waals surface area contributed by atoms with Gasteiger partial charge in [-0.05, 0) is 5.56 Å². The Morgan fingerprint density at radius 3 is 2.15 bits per heavy atom. The lowest BCUT2D eigenvalue weighted by atomic mass is 10.2. The maximum Gasteiger partial charge on any atom is 0.523 e. The molecule has 0 fully saturated rings. The highest BCUT2D eigenvalue weighted by Crippen LogP contribution is 2.29. The van der Waals surface area contributed by atoms with E-state index in [2.05, 4.69) is 17.4 Å². The van der Waals surface area contributed by atoms with Crippen molar-refractivity contribution in [2.45, 2.75) is 11.8 Å². The second kappa shape index (κ2) is 4.02. The van der Waals surface area contributed by atoms with Crippen LogP contribution in [0, 0.1) is 0 Å². The van der Waals surface area contributed by atoms with Crippen LogP contribution in [0.3, 0.4) is 0 Å². The van der Waals surface area contributed by atoms with Gasteiger partial charge >= 0.3 is 6.36 Å². The van der Waals surface area contributed by atoms with Crippen LogP contribution in [-0.4, -0.2) is 6.36 Å². The minimum absolute atomic E-state index is 0.329. The summed E-state index contributed by atoms with van der Waals surface area (Å²) in [5.74, 6) is 0. The van der Waals surface area contributed by atoms with Crippen LogP contribution in [0.4, 0.5) is 13.2 Å². The molecule has 0 N–H and O–H groups in total. The molecule has 13 heavy (non-hydrogen) atoms. The van der Waals surface area contributed by atoms with E-state index in [1.807, 2.05) is 0 Å². The summed E-state index contributed by atoms with van der Waals surface area (Å²) >= 11 is 4.51. The molecule has 1 unspecified atom stereocenters. The van der Waals surface area contributed by atoms with E-state index in [4.69, 9.17) is 0 Å². The minimum Gasteiger partial charge on any atom is -0.272 e. The third kappa shape index (κ3) is 3.69. The van der Waals surface area contributed by atoms with Crippen LogP contribution in [-0.2, 0) is 4.74 Å². The van der Waals surface area contributed by atoms with Crippen LogP contribution in [0.1, 0.15) is 11.0 Å². The molecule has 1 atom stereocenters. The lowest BCUT2D eigenvalue weighted by Gasteiger charge is -2.13. The third-order valence-electron chi connectivity index (χ3n) is 1.31. The number of rotatable bonds is 2. The normalized spacial score (nSPS) is 14.2. The second-order valence-electron chi connectivity index (χ2n) is 2.31. The van der Waals surface area contributed by atoms with E-state index in [1.165, 1.54) is 12.1 Å². The predicted octanol–water partition coefficient (Wildman–Crippen LogP) is 3.42. The van der Waals surface area contributed by atoms with Crippen LogP contribution in [0.5, 0.6) is 0 Å². The fourth-order valence-electron chi connectivity index (χ4n) is 0.800. The summed E-state index contributed by atoms with van der Waals surface area (Å²) in [7, 11) is 0. The zero-order chi connectivity index (χ0) is 9.90. The summed E-state index contributed by atoms with van der Waals surface area (Å²) in [5, 5.41) is 0. The largest absolute Gasteiger partial charge is 0.523 e. The Labute approximate surface area is 78.9 Å². The van der Waals surface area contributed by atoms with Crippen LogP contribution >= 0.6 is 12.6 Å². The monoisotopic (exact) mass is 207 g/mol. The SMILES string of the molecule is FC(F)(F)OC([S])c1ccccc1. The maximum absolute atomic E-state index is 11.7. The zero-order valence-corrected chi connectivity index (χ0v) is 7.23. The highest BCUT2D eigenvalue weighted by molar-refractivity contribution is 7.80. The molecule has 1 nitrogen and oxygen atoms in total. The van der Waals surface area contributed by atoms with Crippen molar-refractivity contribution in [3.05, 3.63) is 35.9 Å². The van der Waals surface area contributed by atoms with Gasteiger partial charge in [0.15, 0.2) is 0 Å². The number of alkyl halides is 3. The van der Waals surface area contributed by atoms with Crippen LogP contribution < -0.4 is 0 Å². The van der Waals surface area contributed by atoms with Crippen molar-refractivity contribution in [3.8, 4) is 0 Å². The van der Waals surface area contributed by atoms with E-state index in [0.29, 0.717) is 5.56 Å². The van der Waals surface area contributed by atoms with Gasteiger partial charge < -0.3 is 0 Å². The molecule has 1 radical (unpaired) electrons. The Morgan fingerprint density at radius 1 is 1.15 bits per heavy atom. The van der Waals surface area contributed by atoms with Gasteiger partial charge in [-0.1, -0.05) is 43.0 Å². The van der Waals surface area contributed by atoms with Gasteiger partial charge in [0.05, 0.1) is 0 Å². The molecule has 5 heteroatoms. The number of halogens is 3. The Hall–Kier alpha value is -0.680. The summed E-state index contributed by atoms with van der Waals surface area (Å²) in [4.78, 5) is 0. The summed E-state index contributed by atoms with van der Waals surface area (Å²) in [5.41, 5.74) is -1.05. The molecule has 1 rings (SSSR count). The van der Waals surface area contributed by atoms with Crippen LogP contribution in [0.2, 0.25) is 0 Å². The summed E-state index contributed by atoms with van der Waals surface area (Å²) in [6.07, 6.45) is -4.68. The standard InChI is InChI=1S/C8H6F3OS/c9-8(10,11)12-7(13)6-4-2-1-3-5-6/h1-5,7H. The van der Waals surface area contributed by atoms with Crippen molar-refractivity contribution >= 4 is 12.6 Å². The summed E-state index contributed by atoms with van der Waals surface area (Å²) in [6.45, 7) is 0. The van der Waals surface area contributed by atoms with Crippen LogP contribution in [0.25, 0.3) is 0 Å². The topological polar surface area (TPSA) is 9.23 Å².